The fourth-order valence-electron chi connectivity index (χ4n) is 5.93. The van der Waals surface area contributed by atoms with E-state index in [9.17, 15) is 0 Å². The summed E-state index contributed by atoms with van der Waals surface area (Å²) in [7, 11) is 0. The lowest BCUT2D eigenvalue weighted by atomic mass is 9.34. The first-order valence-corrected chi connectivity index (χ1v) is 11.8. The molecule has 2 aliphatic rings. The smallest absolute Gasteiger partial charge is 0.256 e. The molecule has 7 aromatic rings. The van der Waals surface area contributed by atoms with Gasteiger partial charge in [-0.1, -0.05) is 72.7 Å². The van der Waals surface area contributed by atoms with Gasteiger partial charge >= 0.3 is 0 Å². The molecule has 36 heavy (non-hydrogen) atoms. The predicted molar refractivity (Wildman–Crippen MR) is 145 cm³/mol. The number of furan rings is 1. The molecule has 0 aliphatic carbocycles. The highest BCUT2D eigenvalue weighted by Crippen LogP contribution is 2.37. The van der Waals surface area contributed by atoms with E-state index in [1.54, 1.807) is 0 Å². The second-order valence-electron chi connectivity index (χ2n) is 9.21. The van der Waals surface area contributed by atoms with Gasteiger partial charge in [0.05, 0.1) is 18.1 Å². The van der Waals surface area contributed by atoms with Crippen molar-refractivity contribution in [3.63, 3.8) is 0 Å². The van der Waals surface area contributed by atoms with Gasteiger partial charge in [0.2, 0.25) is 0 Å². The molecule has 0 saturated heterocycles. The first kappa shape index (κ1) is 14.6. The average Bonchev–Trinajstić information content (AvgIpc) is 3.55. The highest BCUT2D eigenvalue weighted by atomic mass is 16.5. The van der Waals surface area contributed by atoms with Crippen molar-refractivity contribution in [3.05, 3.63) is 103 Å². The molecular formula is C31H17BN2O2. The van der Waals surface area contributed by atoms with Gasteiger partial charge in [-0.2, -0.15) is 5.10 Å². The minimum absolute atomic E-state index is 0.0866. The van der Waals surface area contributed by atoms with Crippen molar-refractivity contribution in [1.29, 1.82) is 0 Å². The Morgan fingerprint density at radius 2 is 1.61 bits per heavy atom. The molecule has 0 unspecified atom stereocenters. The van der Waals surface area contributed by atoms with Gasteiger partial charge in [-0.3, -0.25) is 0 Å². The quantitative estimate of drug-likeness (QED) is 0.300. The highest BCUT2D eigenvalue weighted by molar-refractivity contribution is 6.99. The van der Waals surface area contributed by atoms with Crippen LogP contribution < -0.4 is 21.1 Å². The molecule has 2 aromatic heterocycles. The van der Waals surface area contributed by atoms with Gasteiger partial charge in [0.25, 0.3) is 6.71 Å². The average molecular weight is 465 g/mol. The van der Waals surface area contributed by atoms with Crippen molar-refractivity contribution < 1.29 is 16.0 Å². The number of rotatable bonds is 1. The van der Waals surface area contributed by atoms with E-state index in [0.717, 1.165) is 66.4 Å². The summed E-state index contributed by atoms with van der Waals surface area (Å²) in [4.78, 5) is 0. The first-order chi connectivity index (χ1) is 19.9. The van der Waals surface area contributed by atoms with E-state index in [1.165, 1.54) is 0 Å². The summed E-state index contributed by atoms with van der Waals surface area (Å²) in [5.74, 6) is 1.49. The molecule has 5 heteroatoms. The fourth-order valence-corrected chi connectivity index (χ4v) is 5.93. The third kappa shape index (κ3) is 2.23. The van der Waals surface area contributed by atoms with Gasteiger partial charge in [0, 0.05) is 21.7 Å². The standard InChI is InChI=1S/C31H17BN2O2/c1-2-8-18(9-3-1)30-20-11-6-12-22-31(20)34(33-30)24-13-7-15-26-29(24)32(22)23-17-27-21(16-28(23)36-26)19-10-4-5-14-25(19)35-27/h1-17H/i1D,2D,3D,8D,9D. The Kier molecular flexibility index (Phi) is 2.62. The fraction of sp³-hybridized carbons (Fsp3) is 0. The Hall–Kier alpha value is -4.77. The van der Waals surface area contributed by atoms with Crippen LogP contribution in [0.3, 0.4) is 0 Å². The van der Waals surface area contributed by atoms with Crippen molar-refractivity contribution in [2.75, 3.05) is 0 Å². The monoisotopic (exact) mass is 465 g/mol. The number of fused-ring (bicyclic) bond motifs is 7. The molecule has 0 fully saturated rings. The van der Waals surface area contributed by atoms with Crippen LogP contribution in [0.4, 0.5) is 0 Å². The number of ether oxygens (including phenoxy) is 1. The lowest BCUT2D eigenvalue weighted by molar-refractivity contribution is 0.487. The number of hydrogen-bond acceptors (Lipinski definition) is 3. The number of nitrogens with zero attached hydrogens (tertiary/aromatic N) is 2. The maximum absolute atomic E-state index is 8.62. The Bertz CT molecular complexity index is 2300. The summed E-state index contributed by atoms with van der Waals surface area (Å²) >= 11 is 0. The summed E-state index contributed by atoms with van der Waals surface area (Å²) in [5.41, 5.74) is 6.62. The predicted octanol–water partition coefficient (Wildman–Crippen LogP) is 5.53. The van der Waals surface area contributed by atoms with Crippen molar-refractivity contribution in [2.45, 2.75) is 0 Å². The van der Waals surface area contributed by atoms with Crippen LogP contribution in [0, 0.1) is 0 Å². The summed E-state index contributed by atoms with van der Waals surface area (Å²) in [6, 6.07) is 22.1. The minimum atomic E-state index is -0.427. The molecule has 5 aromatic carbocycles. The summed E-state index contributed by atoms with van der Waals surface area (Å²) < 4.78 is 56.3. The van der Waals surface area contributed by atoms with Crippen LogP contribution in [0.2, 0.25) is 0 Å². The zero-order valence-corrected chi connectivity index (χ0v) is 18.7. The van der Waals surface area contributed by atoms with Gasteiger partial charge in [0.1, 0.15) is 28.4 Å². The third-order valence-electron chi connectivity index (χ3n) is 7.38. The number of hydrogen-bond donors (Lipinski definition) is 0. The van der Waals surface area contributed by atoms with E-state index in [1.807, 2.05) is 59.3 Å². The van der Waals surface area contributed by atoms with Crippen molar-refractivity contribution in [1.82, 2.24) is 9.78 Å². The van der Waals surface area contributed by atoms with Crippen molar-refractivity contribution >= 4 is 55.9 Å². The van der Waals surface area contributed by atoms with Crippen LogP contribution in [0.1, 0.15) is 6.85 Å². The number of aromatic nitrogens is 2. The van der Waals surface area contributed by atoms with Gasteiger partial charge in [-0.15, -0.1) is 0 Å². The van der Waals surface area contributed by atoms with Crippen LogP contribution in [0.15, 0.2) is 107 Å². The van der Waals surface area contributed by atoms with Gasteiger partial charge in [-0.05, 0) is 46.7 Å². The third-order valence-corrected chi connectivity index (χ3v) is 7.38. The van der Waals surface area contributed by atoms with Crippen LogP contribution in [-0.4, -0.2) is 16.5 Å². The zero-order valence-electron chi connectivity index (χ0n) is 23.7. The maximum Gasteiger partial charge on any atom is 0.256 e. The first-order valence-electron chi connectivity index (χ1n) is 14.3. The maximum atomic E-state index is 8.62. The van der Waals surface area contributed by atoms with E-state index in [4.69, 9.17) is 21.1 Å². The molecule has 0 spiro atoms. The van der Waals surface area contributed by atoms with Crippen molar-refractivity contribution in [3.8, 4) is 28.4 Å². The lowest BCUT2D eigenvalue weighted by Crippen LogP contribution is -2.58. The number of benzene rings is 5. The second-order valence-corrected chi connectivity index (χ2v) is 9.21. The van der Waals surface area contributed by atoms with Gasteiger partial charge in [-0.25, -0.2) is 4.68 Å². The topological polar surface area (TPSA) is 40.2 Å². The van der Waals surface area contributed by atoms with E-state index < -0.39 is 6.04 Å². The molecule has 0 radical (unpaired) electrons. The minimum Gasteiger partial charge on any atom is -0.458 e. The van der Waals surface area contributed by atoms with E-state index in [0.29, 0.717) is 5.69 Å². The van der Waals surface area contributed by atoms with Crippen molar-refractivity contribution in [2.24, 2.45) is 0 Å². The molecule has 4 heterocycles. The van der Waals surface area contributed by atoms with E-state index >= 15 is 0 Å². The van der Waals surface area contributed by atoms with Gasteiger partial charge in [0.15, 0.2) is 0 Å². The van der Waals surface area contributed by atoms with Crippen LogP contribution >= 0.6 is 0 Å². The molecule has 4 nitrogen and oxygen atoms in total. The van der Waals surface area contributed by atoms with E-state index in [2.05, 4.69) is 18.2 Å². The summed E-state index contributed by atoms with van der Waals surface area (Å²) in [6.45, 7) is -0.177. The Labute approximate surface area is 213 Å². The Balaban J connectivity index is 1.38. The molecule has 166 valence electrons. The van der Waals surface area contributed by atoms with Crippen LogP contribution in [0.25, 0.3) is 49.8 Å². The lowest BCUT2D eigenvalue weighted by Gasteiger charge is -2.32. The van der Waals surface area contributed by atoms with Crippen LogP contribution in [0.5, 0.6) is 11.5 Å². The molecule has 0 atom stereocenters. The molecule has 0 bridgehead atoms. The highest BCUT2D eigenvalue weighted by Gasteiger charge is 2.40. The molecule has 0 N–H and O–H groups in total. The Morgan fingerprint density at radius 3 is 2.56 bits per heavy atom. The second kappa shape index (κ2) is 6.46. The van der Waals surface area contributed by atoms with E-state index in [-0.39, 0.29) is 36.4 Å². The number of para-hydroxylation sites is 2. The zero-order chi connectivity index (χ0) is 27.7. The SMILES string of the molecule is [2H]c1c([2H])c([2H])c(-c2nn3c4c(cccc24)B2c4cc5oc6ccccc6c5cc4Oc4cccc-3c42)c([2H])c1[2H]. The molecule has 2 aliphatic heterocycles. The molecule has 0 saturated carbocycles. The molecule has 0 amide bonds. The molecular weight excluding hydrogens is 443 g/mol. The van der Waals surface area contributed by atoms with Crippen LogP contribution in [-0.2, 0) is 0 Å². The Morgan fingerprint density at radius 1 is 0.750 bits per heavy atom. The summed E-state index contributed by atoms with van der Waals surface area (Å²) in [6.07, 6.45) is 0. The normalized spacial score (nSPS) is 15.1. The summed E-state index contributed by atoms with van der Waals surface area (Å²) in [5, 5.41) is 7.64. The molecule has 9 rings (SSSR count). The van der Waals surface area contributed by atoms with Gasteiger partial charge < -0.3 is 9.15 Å². The largest absolute Gasteiger partial charge is 0.458 e.